The van der Waals surface area contributed by atoms with Crippen LogP contribution in [-0.4, -0.2) is 53.3 Å². The van der Waals surface area contributed by atoms with E-state index in [2.05, 4.69) is 85.9 Å². The first-order valence-corrected chi connectivity index (χ1v) is 11.2. The van der Waals surface area contributed by atoms with Gasteiger partial charge in [0.15, 0.2) is 0 Å². The zero-order chi connectivity index (χ0) is 17.3. The lowest BCUT2D eigenvalue weighted by molar-refractivity contribution is 0.327. The molecule has 0 N–H and O–H groups in total. The summed E-state index contributed by atoms with van der Waals surface area (Å²) in [6.45, 7) is 20.6. The summed E-state index contributed by atoms with van der Waals surface area (Å²) in [5.41, 5.74) is 1.46. The molecule has 1 aromatic rings. The third kappa shape index (κ3) is 4.54. The van der Waals surface area contributed by atoms with E-state index in [1.165, 1.54) is 5.56 Å². The van der Waals surface area contributed by atoms with Crippen molar-refractivity contribution in [1.82, 2.24) is 14.0 Å². The highest BCUT2D eigenvalue weighted by atomic mass is 31.2. The summed E-state index contributed by atoms with van der Waals surface area (Å²) in [7, 11) is -1.55. The van der Waals surface area contributed by atoms with Gasteiger partial charge in [-0.2, -0.15) is 0 Å². The molecule has 0 heterocycles. The van der Waals surface area contributed by atoms with Gasteiger partial charge in [0, 0.05) is 39.3 Å². The Labute approximate surface area is 145 Å². The van der Waals surface area contributed by atoms with Crippen LogP contribution in [0.2, 0.25) is 0 Å². The average molecular weight is 339 g/mol. The SMILES string of the molecule is CCN(CC)[P+](Cc1ccccc1)(N(CC)CC)N(CC)CC. The summed E-state index contributed by atoms with van der Waals surface area (Å²) >= 11 is 0. The molecule has 0 saturated heterocycles. The van der Waals surface area contributed by atoms with Gasteiger partial charge in [0.05, 0.1) is 0 Å². The molecule has 23 heavy (non-hydrogen) atoms. The third-order valence-corrected chi connectivity index (χ3v) is 9.99. The van der Waals surface area contributed by atoms with Crippen molar-refractivity contribution in [2.24, 2.45) is 0 Å². The topological polar surface area (TPSA) is 9.72 Å². The summed E-state index contributed by atoms with van der Waals surface area (Å²) in [4.78, 5) is 0. The van der Waals surface area contributed by atoms with Gasteiger partial charge in [-0.25, -0.2) is 0 Å². The zero-order valence-corrected chi connectivity index (χ0v) is 17.0. The smallest absolute Gasteiger partial charge is 0.149 e. The Hall–Kier alpha value is -0.470. The van der Waals surface area contributed by atoms with Gasteiger partial charge >= 0.3 is 0 Å². The van der Waals surface area contributed by atoms with E-state index in [0.717, 1.165) is 45.4 Å². The molecule has 0 fully saturated rings. The van der Waals surface area contributed by atoms with Gasteiger partial charge < -0.3 is 0 Å². The van der Waals surface area contributed by atoms with Crippen molar-refractivity contribution in [3.63, 3.8) is 0 Å². The quantitative estimate of drug-likeness (QED) is 0.527. The van der Waals surface area contributed by atoms with Gasteiger partial charge in [-0.1, -0.05) is 30.3 Å². The summed E-state index contributed by atoms with van der Waals surface area (Å²) in [6, 6.07) is 11.1. The molecule has 0 amide bonds. The maximum Gasteiger partial charge on any atom is 0.231 e. The van der Waals surface area contributed by atoms with E-state index in [1.54, 1.807) is 0 Å². The fraction of sp³-hybridized carbons (Fsp3) is 0.684. The number of benzene rings is 1. The van der Waals surface area contributed by atoms with Gasteiger partial charge in [-0.3, -0.25) is 0 Å². The Balaban J connectivity index is 3.43. The van der Waals surface area contributed by atoms with Crippen molar-refractivity contribution in [3.8, 4) is 0 Å². The maximum atomic E-state index is 2.75. The highest BCUT2D eigenvalue weighted by Crippen LogP contribution is 2.69. The first kappa shape index (κ1) is 20.6. The lowest BCUT2D eigenvalue weighted by Gasteiger charge is -2.46. The molecule has 0 saturated carbocycles. The first-order valence-electron chi connectivity index (χ1n) is 9.32. The van der Waals surface area contributed by atoms with Crippen molar-refractivity contribution in [3.05, 3.63) is 35.9 Å². The first-order chi connectivity index (χ1) is 11.1. The minimum Gasteiger partial charge on any atom is -0.149 e. The lowest BCUT2D eigenvalue weighted by atomic mass is 10.2. The molecule has 0 aliphatic rings. The third-order valence-electron chi connectivity index (χ3n) is 4.79. The fourth-order valence-corrected chi connectivity index (χ4v) is 8.79. The Morgan fingerprint density at radius 3 is 1.26 bits per heavy atom. The number of hydrogen-bond donors (Lipinski definition) is 0. The summed E-state index contributed by atoms with van der Waals surface area (Å²) < 4.78 is 8.25. The number of hydrogen-bond acceptors (Lipinski definition) is 3. The van der Waals surface area contributed by atoms with Crippen LogP contribution in [0.5, 0.6) is 0 Å². The molecular formula is C19H37N3P+. The molecule has 0 radical (unpaired) electrons. The molecule has 0 bridgehead atoms. The second kappa shape index (κ2) is 10.4. The largest absolute Gasteiger partial charge is 0.231 e. The molecule has 0 spiro atoms. The van der Waals surface area contributed by atoms with Crippen LogP contribution in [0.1, 0.15) is 47.1 Å². The molecule has 0 aliphatic carbocycles. The van der Waals surface area contributed by atoms with Crippen LogP contribution in [0.4, 0.5) is 0 Å². The van der Waals surface area contributed by atoms with Gasteiger partial charge in [-0.15, -0.1) is 14.0 Å². The van der Waals surface area contributed by atoms with E-state index in [0.29, 0.717) is 0 Å². The van der Waals surface area contributed by atoms with Crippen molar-refractivity contribution < 1.29 is 0 Å². The van der Waals surface area contributed by atoms with Crippen LogP contribution in [0.25, 0.3) is 0 Å². The van der Waals surface area contributed by atoms with Gasteiger partial charge in [0.1, 0.15) is 6.16 Å². The summed E-state index contributed by atoms with van der Waals surface area (Å²) in [5, 5.41) is 0. The highest BCUT2D eigenvalue weighted by Gasteiger charge is 2.53. The van der Waals surface area contributed by atoms with Crippen LogP contribution < -0.4 is 0 Å². The molecule has 1 aromatic carbocycles. The van der Waals surface area contributed by atoms with Crippen molar-refractivity contribution >= 4 is 7.71 Å². The molecule has 0 atom stereocenters. The standard InChI is InChI=1S/C19H37N3P/c1-7-20(8-2)23(21(9-3)10-4,22(11-5)12-6)18-19-16-14-13-15-17-19/h13-17H,7-12,18H2,1-6H3/q+1. The maximum absolute atomic E-state index is 2.75. The van der Waals surface area contributed by atoms with E-state index in [9.17, 15) is 0 Å². The lowest BCUT2D eigenvalue weighted by Crippen LogP contribution is -2.46. The second-order valence-corrected chi connectivity index (χ2v) is 9.15. The van der Waals surface area contributed by atoms with E-state index in [-0.39, 0.29) is 0 Å². The Morgan fingerprint density at radius 2 is 0.957 bits per heavy atom. The van der Waals surface area contributed by atoms with E-state index >= 15 is 0 Å². The Kier molecular flexibility index (Phi) is 9.31. The summed E-state index contributed by atoms with van der Waals surface area (Å²) in [5.74, 6) is 0. The van der Waals surface area contributed by atoms with Crippen molar-refractivity contribution in [1.29, 1.82) is 0 Å². The number of rotatable bonds is 11. The monoisotopic (exact) mass is 338 g/mol. The zero-order valence-electron chi connectivity index (χ0n) is 16.1. The Bertz CT molecular complexity index is 381. The molecule has 1 rings (SSSR count). The normalized spacial score (nSPS) is 12.6. The Morgan fingerprint density at radius 1 is 0.609 bits per heavy atom. The minimum absolute atomic E-state index is 1.12. The molecule has 132 valence electrons. The minimum atomic E-state index is -1.55. The van der Waals surface area contributed by atoms with Crippen molar-refractivity contribution in [2.45, 2.75) is 47.7 Å². The van der Waals surface area contributed by atoms with Gasteiger partial charge in [0.25, 0.3) is 0 Å². The highest BCUT2D eigenvalue weighted by molar-refractivity contribution is 7.68. The van der Waals surface area contributed by atoms with Crippen LogP contribution in [-0.2, 0) is 6.16 Å². The van der Waals surface area contributed by atoms with Gasteiger partial charge in [-0.05, 0) is 47.1 Å². The fourth-order valence-electron chi connectivity index (χ4n) is 3.69. The van der Waals surface area contributed by atoms with E-state index < -0.39 is 7.71 Å². The van der Waals surface area contributed by atoms with Crippen LogP contribution in [0.15, 0.2) is 30.3 Å². The molecule has 3 nitrogen and oxygen atoms in total. The van der Waals surface area contributed by atoms with E-state index in [4.69, 9.17) is 0 Å². The molecule has 4 heteroatoms. The average Bonchev–Trinajstić information content (AvgIpc) is 2.59. The predicted molar refractivity (Wildman–Crippen MR) is 106 cm³/mol. The summed E-state index contributed by atoms with van der Waals surface area (Å²) in [6.07, 6.45) is 1.15. The van der Waals surface area contributed by atoms with Crippen LogP contribution in [0, 0.1) is 0 Å². The second-order valence-electron chi connectivity index (χ2n) is 5.75. The molecule has 0 unspecified atom stereocenters. The molecule has 0 aliphatic heterocycles. The van der Waals surface area contributed by atoms with Crippen LogP contribution in [0.3, 0.4) is 0 Å². The molecular weight excluding hydrogens is 301 g/mol. The predicted octanol–water partition coefficient (Wildman–Crippen LogP) is 4.97. The number of nitrogens with zero attached hydrogens (tertiary/aromatic N) is 3. The van der Waals surface area contributed by atoms with E-state index in [1.807, 2.05) is 0 Å². The van der Waals surface area contributed by atoms with Crippen LogP contribution >= 0.6 is 7.71 Å². The van der Waals surface area contributed by atoms with Gasteiger partial charge in [0.2, 0.25) is 7.71 Å². The molecule has 0 aromatic heterocycles. The van der Waals surface area contributed by atoms with Crippen molar-refractivity contribution in [2.75, 3.05) is 39.3 Å².